The standard InChI is InChI=1S/C16H14N2/c1-2-6-12-11(5-1)13-7-3-9-17-15(13)16-14(12)8-4-10-18-16/h1-8,17-18H,9-10H2. The number of hydrogen-bond acceptors (Lipinski definition) is 2. The van der Waals surface area contributed by atoms with Gasteiger partial charge in [-0.3, -0.25) is 0 Å². The predicted molar refractivity (Wildman–Crippen MR) is 79.0 cm³/mol. The summed E-state index contributed by atoms with van der Waals surface area (Å²) in [4.78, 5) is 0. The first kappa shape index (κ1) is 9.77. The number of fused-ring (bicyclic) bond motifs is 6. The van der Waals surface area contributed by atoms with E-state index in [2.05, 4.69) is 59.2 Å². The lowest BCUT2D eigenvalue weighted by Crippen LogP contribution is -2.13. The minimum absolute atomic E-state index is 0.906. The maximum Gasteiger partial charge on any atom is 0.0664 e. The molecule has 2 aromatic carbocycles. The Labute approximate surface area is 106 Å². The molecule has 0 fully saturated rings. The molecule has 0 aliphatic carbocycles. The summed E-state index contributed by atoms with van der Waals surface area (Å²) in [6.07, 6.45) is 8.82. The molecule has 2 heteroatoms. The average molecular weight is 234 g/mol. The summed E-state index contributed by atoms with van der Waals surface area (Å²) in [6, 6.07) is 8.62. The van der Waals surface area contributed by atoms with Gasteiger partial charge in [0, 0.05) is 24.2 Å². The van der Waals surface area contributed by atoms with Crippen molar-refractivity contribution in [2.45, 2.75) is 0 Å². The Morgan fingerprint density at radius 2 is 1.22 bits per heavy atom. The van der Waals surface area contributed by atoms with Crippen molar-refractivity contribution in [3.8, 4) is 0 Å². The molecule has 0 radical (unpaired) electrons. The first-order chi connectivity index (χ1) is 8.95. The lowest BCUT2D eigenvalue weighted by Gasteiger charge is -2.25. The molecular formula is C16H14N2. The van der Waals surface area contributed by atoms with Crippen molar-refractivity contribution in [1.29, 1.82) is 0 Å². The number of benzene rings is 2. The number of hydrogen-bond donors (Lipinski definition) is 2. The van der Waals surface area contributed by atoms with Crippen molar-refractivity contribution in [2.75, 3.05) is 23.7 Å². The van der Waals surface area contributed by atoms with Crippen LogP contribution in [0.25, 0.3) is 22.9 Å². The fourth-order valence-corrected chi connectivity index (χ4v) is 2.88. The van der Waals surface area contributed by atoms with E-state index in [0.717, 1.165) is 13.1 Å². The van der Waals surface area contributed by atoms with Gasteiger partial charge < -0.3 is 10.6 Å². The van der Waals surface area contributed by atoms with Crippen LogP contribution in [0.3, 0.4) is 0 Å². The van der Waals surface area contributed by atoms with Crippen molar-refractivity contribution in [3.05, 3.63) is 47.5 Å². The molecule has 0 saturated carbocycles. The zero-order chi connectivity index (χ0) is 11.9. The van der Waals surface area contributed by atoms with Gasteiger partial charge in [0.2, 0.25) is 0 Å². The topological polar surface area (TPSA) is 24.1 Å². The molecule has 0 saturated heterocycles. The summed E-state index contributed by atoms with van der Waals surface area (Å²) in [5.74, 6) is 0. The van der Waals surface area contributed by atoms with Crippen LogP contribution in [0, 0.1) is 0 Å². The van der Waals surface area contributed by atoms with Crippen LogP contribution in [-0.4, -0.2) is 13.1 Å². The van der Waals surface area contributed by atoms with Gasteiger partial charge in [-0.05, 0) is 10.8 Å². The Morgan fingerprint density at radius 3 is 1.72 bits per heavy atom. The van der Waals surface area contributed by atoms with Crippen LogP contribution in [0.1, 0.15) is 11.1 Å². The van der Waals surface area contributed by atoms with Crippen LogP contribution in [0.5, 0.6) is 0 Å². The average Bonchev–Trinajstić information content (AvgIpc) is 2.48. The Bertz CT molecular complexity index is 635. The summed E-state index contributed by atoms with van der Waals surface area (Å²) in [5.41, 5.74) is 5.10. The maximum atomic E-state index is 3.50. The summed E-state index contributed by atoms with van der Waals surface area (Å²) in [6.45, 7) is 1.81. The van der Waals surface area contributed by atoms with Gasteiger partial charge in [-0.2, -0.15) is 0 Å². The van der Waals surface area contributed by atoms with E-state index in [9.17, 15) is 0 Å². The van der Waals surface area contributed by atoms with Gasteiger partial charge in [0.15, 0.2) is 0 Å². The van der Waals surface area contributed by atoms with Gasteiger partial charge in [-0.15, -0.1) is 0 Å². The van der Waals surface area contributed by atoms with Crippen molar-refractivity contribution in [1.82, 2.24) is 0 Å². The van der Waals surface area contributed by atoms with Crippen LogP contribution in [0.4, 0.5) is 11.4 Å². The molecule has 0 aromatic heterocycles. The molecule has 0 bridgehead atoms. The van der Waals surface area contributed by atoms with E-state index in [0.29, 0.717) is 0 Å². The Morgan fingerprint density at radius 1 is 0.722 bits per heavy atom. The molecule has 88 valence electrons. The Balaban J connectivity index is 2.21. The zero-order valence-corrected chi connectivity index (χ0v) is 10.0. The van der Waals surface area contributed by atoms with Crippen LogP contribution in [0.15, 0.2) is 36.4 Å². The van der Waals surface area contributed by atoms with Crippen molar-refractivity contribution in [2.24, 2.45) is 0 Å². The molecule has 4 rings (SSSR count). The van der Waals surface area contributed by atoms with Crippen LogP contribution in [0.2, 0.25) is 0 Å². The summed E-state index contributed by atoms with van der Waals surface area (Å²) in [7, 11) is 0. The molecule has 0 atom stereocenters. The fraction of sp³-hybridized carbons (Fsp3) is 0.125. The van der Waals surface area contributed by atoms with Gasteiger partial charge in [0.25, 0.3) is 0 Å². The minimum atomic E-state index is 0.906. The quantitative estimate of drug-likeness (QED) is 0.726. The molecule has 2 N–H and O–H groups in total. The highest BCUT2D eigenvalue weighted by atomic mass is 15.0. The minimum Gasteiger partial charge on any atom is -0.379 e. The van der Waals surface area contributed by atoms with Crippen molar-refractivity contribution >= 4 is 34.3 Å². The molecule has 18 heavy (non-hydrogen) atoms. The highest BCUT2D eigenvalue weighted by molar-refractivity contribution is 6.08. The van der Waals surface area contributed by atoms with E-state index >= 15 is 0 Å². The normalized spacial score (nSPS) is 15.8. The third kappa shape index (κ3) is 1.23. The van der Waals surface area contributed by atoms with E-state index in [1.54, 1.807) is 0 Å². The first-order valence-electron chi connectivity index (χ1n) is 6.34. The monoisotopic (exact) mass is 234 g/mol. The van der Waals surface area contributed by atoms with E-state index < -0.39 is 0 Å². The lowest BCUT2D eigenvalue weighted by atomic mass is 9.92. The van der Waals surface area contributed by atoms with Crippen LogP contribution in [-0.2, 0) is 0 Å². The lowest BCUT2D eigenvalue weighted by molar-refractivity contribution is 1.27. The van der Waals surface area contributed by atoms with E-state index in [-0.39, 0.29) is 0 Å². The predicted octanol–water partition coefficient (Wildman–Crippen LogP) is 3.72. The molecule has 2 aliphatic rings. The highest BCUT2D eigenvalue weighted by Gasteiger charge is 2.18. The molecular weight excluding hydrogens is 220 g/mol. The smallest absolute Gasteiger partial charge is 0.0664 e. The molecule has 2 nitrogen and oxygen atoms in total. The second kappa shape index (κ2) is 3.64. The molecule has 0 unspecified atom stereocenters. The maximum absolute atomic E-state index is 3.50. The molecule has 2 heterocycles. The fourth-order valence-electron chi connectivity index (χ4n) is 2.88. The van der Waals surface area contributed by atoms with E-state index in [4.69, 9.17) is 0 Å². The van der Waals surface area contributed by atoms with Gasteiger partial charge in [-0.25, -0.2) is 0 Å². The summed E-state index contributed by atoms with van der Waals surface area (Å²) >= 11 is 0. The third-order valence-electron chi connectivity index (χ3n) is 3.66. The number of anilines is 2. The molecule has 0 amide bonds. The van der Waals surface area contributed by atoms with Gasteiger partial charge >= 0.3 is 0 Å². The van der Waals surface area contributed by atoms with Crippen LogP contribution < -0.4 is 10.6 Å². The van der Waals surface area contributed by atoms with E-state index in [1.807, 2.05) is 0 Å². The largest absolute Gasteiger partial charge is 0.379 e. The summed E-state index contributed by atoms with van der Waals surface area (Å²) in [5, 5.41) is 9.64. The van der Waals surface area contributed by atoms with Gasteiger partial charge in [0.05, 0.1) is 11.4 Å². The van der Waals surface area contributed by atoms with E-state index in [1.165, 1.54) is 33.3 Å². The van der Waals surface area contributed by atoms with Gasteiger partial charge in [-0.1, -0.05) is 48.6 Å². The number of nitrogens with one attached hydrogen (secondary N) is 2. The zero-order valence-electron chi connectivity index (χ0n) is 10.0. The third-order valence-corrected chi connectivity index (χ3v) is 3.66. The Kier molecular flexibility index (Phi) is 1.97. The second-order valence-corrected chi connectivity index (χ2v) is 4.69. The summed E-state index contributed by atoms with van der Waals surface area (Å²) < 4.78 is 0. The highest BCUT2D eigenvalue weighted by Crippen LogP contribution is 2.41. The number of rotatable bonds is 0. The van der Waals surface area contributed by atoms with Crippen molar-refractivity contribution < 1.29 is 0 Å². The second-order valence-electron chi connectivity index (χ2n) is 4.69. The van der Waals surface area contributed by atoms with Gasteiger partial charge in [0.1, 0.15) is 0 Å². The first-order valence-corrected chi connectivity index (χ1v) is 6.34. The Hall–Kier alpha value is -2.22. The molecule has 2 aliphatic heterocycles. The van der Waals surface area contributed by atoms with Crippen molar-refractivity contribution in [3.63, 3.8) is 0 Å². The molecule has 2 aromatic rings. The van der Waals surface area contributed by atoms with Crippen LogP contribution >= 0.6 is 0 Å². The molecule has 0 spiro atoms. The SMILES string of the molecule is C1=Cc2c(c3c(c4ccccc24)C=CCN3)NC1.